The summed E-state index contributed by atoms with van der Waals surface area (Å²) in [5, 5.41) is 29.3. The molecule has 0 atom stereocenters. The number of benzene rings is 3. The summed E-state index contributed by atoms with van der Waals surface area (Å²) in [4.78, 5) is 0. The highest BCUT2D eigenvalue weighted by molar-refractivity contribution is 7.43. The van der Waals surface area contributed by atoms with E-state index >= 15 is 0 Å². The van der Waals surface area contributed by atoms with Gasteiger partial charge in [0.25, 0.3) is 0 Å². The van der Waals surface area contributed by atoms with Gasteiger partial charge < -0.3 is 28.9 Å². The Balaban J connectivity index is 1.94. The van der Waals surface area contributed by atoms with E-state index in [-0.39, 0.29) is 17.2 Å². The summed E-state index contributed by atoms with van der Waals surface area (Å²) in [6.45, 7) is 5.50. The van der Waals surface area contributed by atoms with Crippen molar-refractivity contribution < 1.29 is 28.9 Å². The largest absolute Gasteiger partial charge is 0.530 e. The third-order valence-corrected chi connectivity index (χ3v) is 5.07. The van der Waals surface area contributed by atoms with Crippen molar-refractivity contribution in [1.82, 2.24) is 0 Å². The molecule has 28 heavy (non-hydrogen) atoms. The SMILES string of the molecule is Cc1ccc(O)cc1OP(Oc1cc(O)ccc1C)Oc1cc(O)ccc1C. The lowest BCUT2D eigenvalue weighted by atomic mass is 10.2. The average molecular weight is 400 g/mol. The molecule has 6 nitrogen and oxygen atoms in total. The van der Waals surface area contributed by atoms with Crippen LogP contribution in [0.1, 0.15) is 16.7 Å². The lowest BCUT2D eigenvalue weighted by Gasteiger charge is -2.20. The molecule has 0 saturated carbocycles. The third-order valence-electron chi connectivity index (χ3n) is 4.03. The van der Waals surface area contributed by atoms with Crippen LogP contribution in [0.3, 0.4) is 0 Å². The molecule has 0 aromatic heterocycles. The maximum absolute atomic E-state index is 9.77. The van der Waals surface area contributed by atoms with Gasteiger partial charge in [-0.2, -0.15) is 0 Å². The molecular weight excluding hydrogens is 379 g/mol. The van der Waals surface area contributed by atoms with E-state index in [1.807, 2.05) is 20.8 Å². The lowest BCUT2D eigenvalue weighted by Crippen LogP contribution is -2.04. The molecule has 3 aromatic carbocycles. The van der Waals surface area contributed by atoms with Gasteiger partial charge in [-0.15, -0.1) is 0 Å². The van der Waals surface area contributed by atoms with Crippen molar-refractivity contribution in [3.8, 4) is 34.5 Å². The second-order valence-corrected chi connectivity index (χ2v) is 7.34. The summed E-state index contributed by atoms with van der Waals surface area (Å²) in [5.74, 6) is 1.37. The van der Waals surface area contributed by atoms with Gasteiger partial charge in [-0.05, 0) is 55.7 Å². The molecule has 3 N–H and O–H groups in total. The molecule has 0 aliphatic heterocycles. The van der Waals surface area contributed by atoms with Crippen LogP contribution in [0.15, 0.2) is 54.6 Å². The predicted octanol–water partition coefficient (Wildman–Crippen LogP) is 5.49. The van der Waals surface area contributed by atoms with Crippen molar-refractivity contribution in [2.24, 2.45) is 0 Å². The standard InChI is InChI=1S/C21H21O6P/c1-13-4-7-16(22)10-19(13)25-28(26-20-11-17(23)8-5-14(20)2)27-21-12-18(24)9-6-15(21)3/h4-12,22-24H,1-3H3. The third kappa shape index (κ3) is 4.78. The van der Waals surface area contributed by atoms with Crippen LogP contribution < -0.4 is 13.6 Å². The van der Waals surface area contributed by atoms with Crippen molar-refractivity contribution in [3.63, 3.8) is 0 Å². The minimum Gasteiger partial charge on any atom is -0.508 e. The van der Waals surface area contributed by atoms with E-state index in [1.54, 1.807) is 36.4 Å². The monoisotopic (exact) mass is 400 g/mol. The van der Waals surface area contributed by atoms with E-state index in [9.17, 15) is 15.3 Å². The lowest BCUT2D eigenvalue weighted by molar-refractivity contribution is 0.380. The first-order valence-electron chi connectivity index (χ1n) is 8.55. The summed E-state index contributed by atoms with van der Waals surface area (Å²) in [5.41, 5.74) is 2.37. The van der Waals surface area contributed by atoms with E-state index in [4.69, 9.17) is 13.6 Å². The summed E-state index contributed by atoms with van der Waals surface area (Å²) < 4.78 is 17.8. The number of hydrogen-bond donors (Lipinski definition) is 3. The van der Waals surface area contributed by atoms with Crippen molar-refractivity contribution in [3.05, 3.63) is 71.3 Å². The summed E-state index contributed by atoms with van der Waals surface area (Å²) in [7, 11) is -2.01. The van der Waals surface area contributed by atoms with Gasteiger partial charge in [0, 0.05) is 18.2 Å². The minimum absolute atomic E-state index is 0.0534. The van der Waals surface area contributed by atoms with Crippen molar-refractivity contribution in [2.75, 3.05) is 0 Å². The molecule has 0 aliphatic carbocycles. The molecule has 3 rings (SSSR count). The molecule has 0 aliphatic rings. The zero-order valence-electron chi connectivity index (χ0n) is 15.7. The molecule has 7 heteroatoms. The molecule has 0 heterocycles. The van der Waals surface area contributed by atoms with Gasteiger partial charge in [0.15, 0.2) is 0 Å². The van der Waals surface area contributed by atoms with Gasteiger partial charge in [-0.3, -0.25) is 0 Å². The highest BCUT2D eigenvalue weighted by Gasteiger charge is 2.23. The summed E-state index contributed by atoms with van der Waals surface area (Å²) in [6.07, 6.45) is 0. The van der Waals surface area contributed by atoms with Gasteiger partial charge in [-0.25, -0.2) is 0 Å². The quantitative estimate of drug-likeness (QED) is 0.474. The maximum Gasteiger partial charge on any atom is 0.530 e. The fourth-order valence-corrected chi connectivity index (χ4v) is 3.54. The fraction of sp³-hybridized carbons (Fsp3) is 0.143. The number of aryl methyl sites for hydroxylation is 3. The zero-order valence-corrected chi connectivity index (χ0v) is 16.6. The number of hydrogen-bond acceptors (Lipinski definition) is 6. The van der Waals surface area contributed by atoms with Crippen LogP contribution in [-0.2, 0) is 0 Å². The Hall–Kier alpha value is -3.11. The molecule has 0 unspecified atom stereocenters. The zero-order chi connectivity index (χ0) is 20.3. The minimum atomic E-state index is -2.01. The Morgan fingerprint density at radius 1 is 0.536 bits per heavy atom. The molecule has 0 spiro atoms. The topological polar surface area (TPSA) is 88.4 Å². The highest BCUT2D eigenvalue weighted by Crippen LogP contribution is 2.46. The number of aromatic hydroxyl groups is 3. The van der Waals surface area contributed by atoms with Crippen molar-refractivity contribution in [1.29, 1.82) is 0 Å². The van der Waals surface area contributed by atoms with Gasteiger partial charge in [0.2, 0.25) is 0 Å². The summed E-state index contributed by atoms with van der Waals surface area (Å²) >= 11 is 0. The molecule has 3 aromatic rings. The van der Waals surface area contributed by atoms with Gasteiger partial charge in [0.05, 0.1) is 0 Å². The summed E-state index contributed by atoms with van der Waals surface area (Å²) in [6, 6.07) is 14.3. The van der Waals surface area contributed by atoms with E-state index in [1.165, 1.54) is 18.2 Å². The second-order valence-electron chi connectivity index (χ2n) is 6.35. The Labute approximate surface area is 164 Å². The van der Waals surface area contributed by atoms with Gasteiger partial charge in [0.1, 0.15) is 34.5 Å². The normalized spacial score (nSPS) is 10.7. The number of phenolic OH excluding ortho intramolecular Hbond substituents is 3. The Bertz CT molecular complexity index is 861. The van der Waals surface area contributed by atoms with Crippen LogP contribution in [0, 0.1) is 20.8 Å². The first-order valence-corrected chi connectivity index (χ1v) is 9.64. The maximum atomic E-state index is 9.77. The van der Waals surface area contributed by atoms with E-state index in [0.29, 0.717) is 17.2 Å². The van der Waals surface area contributed by atoms with Crippen LogP contribution in [0.25, 0.3) is 0 Å². The van der Waals surface area contributed by atoms with Crippen LogP contribution >= 0.6 is 8.60 Å². The number of phenols is 3. The molecular formula is C21H21O6P. The Morgan fingerprint density at radius 3 is 1.11 bits per heavy atom. The van der Waals surface area contributed by atoms with Crippen LogP contribution in [-0.4, -0.2) is 15.3 Å². The molecule has 0 bridgehead atoms. The first-order chi connectivity index (χ1) is 13.3. The molecule has 0 amide bonds. The highest BCUT2D eigenvalue weighted by atomic mass is 31.2. The number of rotatable bonds is 6. The first kappa shape index (κ1) is 19.6. The van der Waals surface area contributed by atoms with Gasteiger partial charge in [-0.1, -0.05) is 18.2 Å². The molecule has 0 radical (unpaired) electrons. The van der Waals surface area contributed by atoms with Crippen molar-refractivity contribution in [2.45, 2.75) is 20.8 Å². The molecule has 0 saturated heterocycles. The fourth-order valence-electron chi connectivity index (χ4n) is 2.36. The Kier molecular flexibility index (Phi) is 5.81. The smallest absolute Gasteiger partial charge is 0.508 e. The molecule has 0 fully saturated rings. The van der Waals surface area contributed by atoms with E-state index in [2.05, 4.69) is 0 Å². The van der Waals surface area contributed by atoms with Crippen molar-refractivity contribution >= 4 is 8.60 Å². The average Bonchev–Trinajstić information content (AvgIpc) is 2.64. The Morgan fingerprint density at radius 2 is 0.821 bits per heavy atom. The second kappa shape index (κ2) is 8.28. The van der Waals surface area contributed by atoms with Crippen LogP contribution in [0.4, 0.5) is 0 Å². The van der Waals surface area contributed by atoms with Gasteiger partial charge >= 0.3 is 8.60 Å². The van der Waals surface area contributed by atoms with Crippen LogP contribution in [0.2, 0.25) is 0 Å². The molecule has 146 valence electrons. The predicted molar refractivity (Wildman–Crippen MR) is 107 cm³/mol. The van der Waals surface area contributed by atoms with Crippen LogP contribution in [0.5, 0.6) is 34.5 Å². The van der Waals surface area contributed by atoms with E-state index < -0.39 is 8.60 Å². The van der Waals surface area contributed by atoms with E-state index in [0.717, 1.165) is 16.7 Å².